The number of benzene rings is 2. The Morgan fingerprint density at radius 3 is 2.54 bits per heavy atom. The van der Waals surface area contributed by atoms with Crippen LogP contribution in [0.4, 0.5) is 20.0 Å². The van der Waals surface area contributed by atoms with E-state index in [1.165, 1.54) is 27.2 Å². The Morgan fingerprint density at radius 2 is 1.83 bits per heavy atom. The lowest BCUT2D eigenvalue weighted by molar-refractivity contribution is -0.121. The van der Waals surface area contributed by atoms with E-state index in [0.717, 1.165) is 62.3 Å². The molecule has 3 amide bonds. The number of hydrogen-bond acceptors (Lipinski definition) is 7. The van der Waals surface area contributed by atoms with E-state index in [-0.39, 0.29) is 23.1 Å². The molecule has 1 unspecified atom stereocenters. The summed E-state index contributed by atoms with van der Waals surface area (Å²) in [6.45, 7) is 3.68. The Kier molecular flexibility index (Phi) is 6.82. The summed E-state index contributed by atoms with van der Waals surface area (Å²) in [4.78, 5) is 52.8. The van der Waals surface area contributed by atoms with Gasteiger partial charge in [-0.2, -0.15) is 0 Å². The van der Waals surface area contributed by atoms with Crippen molar-refractivity contribution in [3.63, 3.8) is 0 Å². The van der Waals surface area contributed by atoms with Gasteiger partial charge in [0.1, 0.15) is 5.82 Å². The van der Waals surface area contributed by atoms with E-state index in [9.17, 15) is 19.5 Å². The van der Waals surface area contributed by atoms with Gasteiger partial charge in [-0.05, 0) is 61.1 Å². The van der Waals surface area contributed by atoms with Gasteiger partial charge in [0.2, 0.25) is 0 Å². The quantitative estimate of drug-likeness (QED) is 0.304. The number of carbonyl (C=O) groups is 3. The third kappa shape index (κ3) is 4.80. The summed E-state index contributed by atoms with van der Waals surface area (Å²) in [7, 11) is 0. The molecule has 2 aromatic carbocycles. The van der Waals surface area contributed by atoms with Crippen molar-refractivity contribution >= 4 is 40.1 Å². The van der Waals surface area contributed by atoms with Gasteiger partial charge in [0.05, 0.1) is 18.6 Å². The van der Waals surface area contributed by atoms with Gasteiger partial charge in [-0.3, -0.25) is 14.9 Å². The molecule has 0 bridgehead atoms. The molecule has 4 aromatic rings. The predicted molar refractivity (Wildman–Crippen MR) is 169 cm³/mol. The number of piperidine rings is 1. The molecule has 4 aliphatic rings. The number of thiazole rings is 1. The molecule has 13 heteroatoms. The molecule has 2 aromatic heterocycles. The molecule has 0 radical (unpaired) electrons. The molecule has 4 aliphatic heterocycles. The van der Waals surface area contributed by atoms with Crippen LogP contribution in [-0.2, 0) is 24.3 Å². The van der Waals surface area contributed by atoms with Crippen LogP contribution >= 0.6 is 11.3 Å². The zero-order chi connectivity index (χ0) is 31.6. The maximum Gasteiger partial charge on any atom is 0.407 e. The molecule has 0 aliphatic carbocycles. The number of nitrogens with zero attached hydrogens (tertiary/aromatic N) is 6. The number of amides is 3. The second-order valence-corrected chi connectivity index (χ2v) is 13.6. The first-order valence-corrected chi connectivity index (χ1v) is 16.4. The van der Waals surface area contributed by atoms with Crippen molar-refractivity contribution in [1.29, 1.82) is 0 Å². The number of nitrogens with one attached hydrogen (secondary N) is 1. The highest BCUT2D eigenvalue weighted by atomic mass is 32.1. The number of fused-ring (bicyclic) bond motifs is 2. The number of carboxylic acid groups (broad SMARTS) is 1. The van der Waals surface area contributed by atoms with Gasteiger partial charge in [0.15, 0.2) is 11.2 Å². The van der Waals surface area contributed by atoms with Crippen molar-refractivity contribution in [2.45, 2.75) is 44.8 Å². The molecule has 1 atom stereocenters. The van der Waals surface area contributed by atoms with E-state index in [0.29, 0.717) is 29.5 Å². The fraction of sp³-hybridized carbons (Fsp3) is 0.364. The molecular weight excluding hydrogens is 609 g/mol. The lowest BCUT2D eigenvalue weighted by atomic mass is 9.72. The van der Waals surface area contributed by atoms with Gasteiger partial charge in [-0.1, -0.05) is 12.1 Å². The Balaban J connectivity index is 1.02. The highest BCUT2D eigenvalue weighted by Crippen LogP contribution is 2.42. The Morgan fingerprint density at radius 1 is 1.04 bits per heavy atom. The second-order valence-electron chi connectivity index (χ2n) is 12.7. The third-order valence-corrected chi connectivity index (χ3v) is 10.7. The third-order valence-electron chi connectivity index (χ3n) is 10.0. The Labute approximate surface area is 268 Å². The van der Waals surface area contributed by atoms with E-state index in [1.54, 1.807) is 24.0 Å². The van der Waals surface area contributed by atoms with Gasteiger partial charge >= 0.3 is 6.09 Å². The van der Waals surface area contributed by atoms with Gasteiger partial charge in [-0.15, -0.1) is 11.3 Å². The first-order chi connectivity index (χ1) is 22.3. The molecule has 2 N–H and O–H groups in total. The SMILES string of the molecule is O=C(Nc1nccs1)C(c1ncn2c1CCC2)N1Cc2c(F)cc(-c3ccc(N4CCC5(CC4)CN(C(=O)O)C5)cc3)cc2C1=O. The van der Waals surface area contributed by atoms with Crippen molar-refractivity contribution < 1.29 is 23.9 Å². The minimum absolute atomic E-state index is 0.0395. The van der Waals surface area contributed by atoms with Gasteiger partial charge in [0.25, 0.3) is 11.8 Å². The Hall–Kier alpha value is -4.78. The number of aromatic nitrogens is 3. The van der Waals surface area contributed by atoms with Crippen LogP contribution in [0.5, 0.6) is 0 Å². The summed E-state index contributed by atoms with van der Waals surface area (Å²) >= 11 is 1.28. The normalized spacial score (nSPS) is 18.8. The van der Waals surface area contributed by atoms with Crippen LogP contribution in [-0.4, -0.2) is 73.5 Å². The monoisotopic (exact) mass is 641 g/mol. The second kappa shape index (κ2) is 10.9. The number of rotatable bonds is 6. The van der Waals surface area contributed by atoms with Crippen molar-refractivity contribution in [2.24, 2.45) is 5.41 Å². The molecule has 6 heterocycles. The summed E-state index contributed by atoms with van der Waals surface area (Å²) in [6.07, 6.45) is 6.02. The highest BCUT2D eigenvalue weighted by molar-refractivity contribution is 7.13. The average Bonchev–Trinajstić information content (AvgIpc) is 3.84. The molecule has 236 valence electrons. The standard InChI is InChI=1S/C33H32FN7O4S/c34-25-15-21(20-3-5-22(6-4-20)38-11-7-33(8-12-38)17-40(18-33)32(44)45)14-23-24(25)16-41(30(23)43)28(29(42)37-31-35-9-13-46-31)27-26-2-1-10-39(26)19-36-27/h3-6,9,13-15,19,28H,1-2,7-8,10-12,16-18H2,(H,44,45)(H,35,37,42). The smallest absolute Gasteiger partial charge is 0.407 e. The summed E-state index contributed by atoms with van der Waals surface area (Å²) in [6, 6.07) is 10.0. The minimum Gasteiger partial charge on any atom is -0.465 e. The van der Waals surface area contributed by atoms with E-state index in [2.05, 4.69) is 20.2 Å². The number of imidazole rings is 1. The average molecular weight is 642 g/mol. The van der Waals surface area contributed by atoms with Crippen LogP contribution in [0.25, 0.3) is 11.1 Å². The molecule has 2 fully saturated rings. The van der Waals surface area contributed by atoms with Gasteiger partial charge in [0, 0.05) is 72.2 Å². The number of aryl methyl sites for hydroxylation is 1. The van der Waals surface area contributed by atoms with Crippen LogP contribution in [0.3, 0.4) is 0 Å². The number of likely N-dealkylation sites (tertiary alicyclic amines) is 1. The maximum atomic E-state index is 15.7. The molecule has 11 nitrogen and oxygen atoms in total. The van der Waals surface area contributed by atoms with Crippen LogP contribution in [0.1, 0.15) is 52.6 Å². The van der Waals surface area contributed by atoms with Crippen LogP contribution in [0.15, 0.2) is 54.3 Å². The highest BCUT2D eigenvalue weighted by Gasteiger charge is 2.47. The largest absolute Gasteiger partial charge is 0.465 e. The predicted octanol–water partition coefficient (Wildman–Crippen LogP) is 5.01. The minimum atomic E-state index is -1.03. The number of halogens is 1. The van der Waals surface area contributed by atoms with Crippen molar-refractivity contribution in [3.05, 3.63) is 82.6 Å². The summed E-state index contributed by atoms with van der Waals surface area (Å²) < 4.78 is 17.7. The van der Waals surface area contributed by atoms with Crippen LogP contribution in [0.2, 0.25) is 0 Å². The van der Waals surface area contributed by atoms with Gasteiger partial charge < -0.3 is 24.4 Å². The lowest BCUT2D eigenvalue weighted by Gasteiger charge is -2.53. The summed E-state index contributed by atoms with van der Waals surface area (Å²) in [5, 5.41) is 14.2. The number of carbonyl (C=O) groups excluding carboxylic acids is 2. The molecule has 2 saturated heterocycles. The van der Waals surface area contributed by atoms with Crippen molar-refractivity contribution in [2.75, 3.05) is 36.4 Å². The fourth-order valence-corrected chi connectivity index (χ4v) is 8.02. The van der Waals surface area contributed by atoms with E-state index >= 15 is 4.39 Å². The molecular formula is C33H32FN7O4S. The lowest BCUT2D eigenvalue weighted by Crippen LogP contribution is -2.61. The van der Waals surface area contributed by atoms with Gasteiger partial charge in [-0.25, -0.2) is 19.2 Å². The van der Waals surface area contributed by atoms with E-state index in [1.807, 2.05) is 28.8 Å². The van der Waals surface area contributed by atoms with Crippen LogP contribution in [0, 0.1) is 11.2 Å². The topological polar surface area (TPSA) is 124 Å². The number of anilines is 2. The zero-order valence-electron chi connectivity index (χ0n) is 25.0. The summed E-state index contributed by atoms with van der Waals surface area (Å²) in [5.41, 5.74) is 4.48. The first kappa shape index (κ1) is 28.7. The fourth-order valence-electron chi connectivity index (χ4n) is 7.48. The molecule has 0 saturated carbocycles. The zero-order valence-corrected chi connectivity index (χ0v) is 25.8. The maximum absolute atomic E-state index is 15.7. The van der Waals surface area contributed by atoms with Crippen LogP contribution < -0.4 is 10.2 Å². The van der Waals surface area contributed by atoms with E-state index < -0.39 is 29.8 Å². The molecule has 1 spiro atoms. The van der Waals surface area contributed by atoms with Crippen molar-refractivity contribution in [3.8, 4) is 11.1 Å². The Bertz CT molecular complexity index is 1840. The summed E-state index contributed by atoms with van der Waals surface area (Å²) in [5.74, 6) is -1.33. The molecule has 8 rings (SSSR count). The van der Waals surface area contributed by atoms with Crippen molar-refractivity contribution in [1.82, 2.24) is 24.3 Å². The molecule has 46 heavy (non-hydrogen) atoms. The first-order valence-electron chi connectivity index (χ1n) is 15.5. The number of hydrogen-bond donors (Lipinski definition) is 2. The van der Waals surface area contributed by atoms with E-state index in [4.69, 9.17) is 0 Å².